The lowest BCUT2D eigenvalue weighted by atomic mass is 10.1. The number of rotatable bonds is 8. The molecule has 0 amide bonds. The second-order valence-electron chi connectivity index (χ2n) is 6.22. The molecule has 0 spiro atoms. The Morgan fingerprint density at radius 3 is 2.61 bits per heavy atom. The van der Waals surface area contributed by atoms with E-state index in [1.807, 2.05) is 6.07 Å². The van der Waals surface area contributed by atoms with Crippen LogP contribution >= 0.6 is 0 Å². The fraction of sp³-hybridized carbons (Fsp3) is 0.611. The van der Waals surface area contributed by atoms with Crippen molar-refractivity contribution in [2.45, 2.75) is 46.2 Å². The fourth-order valence-electron chi connectivity index (χ4n) is 2.17. The quantitative estimate of drug-likeness (QED) is 0.439. The molecular weight excluding hydrogens is 291 g/mol. The Labute approximate surface area is 140 Å². The third-order valence-electron chi connectivity index (χ3n) is 4.02. The predicted octanol–water partition coefficient (Wildman–Crippen LogP) is 2.92. The number of aliphatic imine (C=N–C) groups is 1. The van der Waals surface area contributed by atoms with Gasteiger partial charge in [-0.05, 0) is 64.4 Å². The van der Waals surface area contributed by atoms with Gasteiger partial charge in [-0.1, -0.05) is 12.1 Å². The normalized spacial score (nSPS) is 12.1. The number of hydrogen-bond acceptors (Lipinski definition) is 2. The van der Waals surface area contributed by atoms with E-state index < -0.39 is 0 Å². The molecule has 0 aromatic heterocycles. The maximum absolute atomic E-state index is 13.2. The number of hydrogen-bond donors (Lipinski definition) is 2. The van der Waals surface area contributed by atoms with Crippen molar-refractivity contribution < 1.29 is 4.39 Å². The molecule has 0 fully saturated rings. The Morgan fingerprint density at radius 1 is 1.26 bits per heavy atom. The van der Waals surface area contributed by atoms with Crippen LogP contribution in [0.25, 0.3) is 0 Å². The van der Waals surface area contributed by atoms with Gasteiger partial charge in [-0.3, -0.25) is 4.99 Å². The van der Waals surface area contributed by atoms with E-state index in [1.54, 1.807) is 20.0 Å². The smallest absolute Gasteiger partial charge is 0.191 e. The van der Waals surface area contributed by atoms with E-state index >= 15 is 0 Å². The summed E-state index contributed by atoms with van der Waals surface area (Å²) in [7, 11) is 3.92. The van der Waals surface area contributed by atoms with Gasteiger partial charge in [0.25, 0.3) is 0 Å². The van der Waals surface area contributed by atoms with Gasteiger partial charge >= 0.3 is 0 Å². The van der Waals surface area contributed by atoms with E-state index in [0.29, 0.717) is 18.2 Å². The molecule has 0 saturated heterocycles. The van der Waals surface area contributed by atoms with Gasteiger partial charge in [-0.2, -0.15) is 0 Å². The van der Waals surface area contributed by atoms with Crippen molar-refractivity contribution in [2.24, 2.45) is 4.99 Å². The molecule has 23 heavy (non-hydrogen) atoms. The average molecular weight is 322 g/mol. The molecule has 0 aliphatic heterocycles. The summed E-state index contributed by atoms with van der Waals surface area (Å²) >= 11 is 0. The van der Waals surface area contributed by atoms with Crippen LogP contribution in [0.4, 0.5) is 4.39 Å². The summed E-state index contributed by atoms with van der Waals surface area (Å²) in [5.41, 5.74) is 1.71. The Bertz CT molecular complexity index is 500. The Balaban J connectivity index is 2.26. The Kier molecular flexibility index (Phi) is 8.62. The van der Waals surface area contributed by atoms with Crippen LogP contribution in [0.15, 0.2) is 23.2 Å². The third-order valence-corrected chi connectivity index (χ3v) is 4.02. The van der Waals surface area contributed by atoms with Gasteiger partial charge in [0.05, 0.1) is 0 Å². The summed E-state index contributed by atoms with van der Waals surface area (Å²) in [6, 6.07) is 5.76. The summed E-state index contributed by atoms with van der Waals surface area (Å²) in [4.78, 5) is 6.57. The van der Waals surface area contributed by atoms with E-state index in [4.69, 9.17) is 0 Å². The number of benzene rings is 1. The first-order valence-corrected chi connectivity index (χ1v) is 8.33. The van der Waals surface area contributed by atoms with Crippen LogP contribution in [-0.2, 0) is 6.54 Å². The minimum Gasteiger partial charge on any atom is -0.356 e. The minimum absolute atomic E-state index is 0.164. The maximum atomic E-state index is 13.2. The second-order valence-corrected chi connectivity index (χ2v) is 6.22. The molecule has 0 heterocycles. The molecule has 0 aliphatic rings. The van der Waals surface area contributed by atoms with Gasteiger partial charge in [0, 0.05) is 26.2 Å². The van der Waals surface area contributed by atoms with Crippen molar-refractivity contribution in [1.29, 1.82) is 0 Å². The van der Waals surface area contributed by atoms with E-state index in [-0.39, 0.29) is 5.82 Å². The van der Waals surface area contributed by atoms with Crippen LogP contribution in [0, 0.1) is 12.7 Å². The highest BCUT2D eigenvalue weighted by Crippen LogP contribution is 2.08. The van der Waals surface area contributed by atoms with Crippen LogP contribution in [0.2, 0.25) is 0 Å². The van der Waals surface area contributed by atoms with Crippen LogP contribution in [0.5, 0.6) is 0 Å². The lowest BCUT2D eigenvalue weighted by molar-refractivity contribution is 0.268. The van der Waals surface area contributed by atoms with Crippen LogP contribution < -0.4 is 10.6 Å². The molecule has 0 aliphatic carbocycles. The maximum Gasteiger partial charge on any atom is 0.191 e. The zero-order valence-corrected chi connectivity index (χ0v) is 15.1. The largest absolute Gasteiger partial charge is 0.356 e. The molecule has 130 valence electrons. The third kappa shape index (κ3) is 7.46. The molecule has 1 aromatic rings. The van der Waals surface area contributed by atoms with Crippen LogP contribution in [0.3, 0.4) is 0 Å². The van der Waals surface area contributed by atoms with Crippen molar-refractivity contribution in [2.75, 3.05) is 27.2 Å². The number of halogens is 1. The molecule has 0 unspecified atom stereocenters. The topological polar surface area (TPSA) is 39.7 Å². The van der Waals surface area contributed by atoms with Gasteiger partial charge in [-0.25, -0.2) is 4.39 Å². The van der Waals surface area contributed by atoms with Crippen molar-refractivity contribution in [3.05, 3.63) is 35.1 Å². The minimum atomic E-state index is -0.164. The summed E-state index contributed by atoms with van der Waals surface area (Å²) in [6.45, 7) is 8.84. The molecule has 4 nitrogen and oxygen atoms in total. The number of nitrogens with one attached hydrogen (secondary N) is 2. The zero-order chi connectivity index (χ0) is 17.2. The van der Waals surface area contributed by atoms with E-state index in [0.717, 1.165) is 37.5 Å². The van der Waals surface area contributed by atoms with E-state index in [9.17, 15) is 4.39 Å². The van der Waals surface area contributed by atoms with Gasteiger partial charge in [-0.15, -0.1) is 0 Å². The standard InChI is InChI=1S/C18H31FN4/c1-14(2)23(5)11-7-6-10-21-18(20-4)22-13-16-8-9-17(19)15(3)12-16/h8-9,12,14H,6-7,10-11,13H2,1-5H3,(H2,20,21,22). The first-order valence-electron chi connectivity index (χ1n) is 8.33. The van der Waals surface area contributed by atoms with Crippen LogP contribution in [0.1, 0.15) is 37.8 Å². The predicted molar refractivity (Wildman–Crippen MR) is 96.3 cm³/mol. The molecule has 2 N–H and O–H groups in total. The van der Waals surface area contributed by atoms with Crippen molar-refractivity contribution >= 4 is 5.96 Å². The number of nitrogens with zero attached hydrogens (tertiary/aromatic N) is 2. The van der Waals surface area contributed by atoms with Gasteiger partial charge in [0.2, 0.25) is 0 Å². The molecule has 5 heteroatoms. The Morgan fingerprint density at radius 2 is 2.00 bits per heavy atom. The van der Waals surface area contributed by atoms with Crippen LogP contribution in [-0.4, -0.2) is 44.1 Å². The van der Waals surface area contributed by atoms with Crippen molar-refractivity contribution in [3.63, 3.8) is 0 Å². The molecule has 0 radical (unpaired) electrons. The molecule has 1 rings (SSSR count). The zero-order valence-electron chi connectivity index (χ0n) is 15.1. The van der Waals surface area contributed by atoms with Crippen molar-refractivity contribution in [3.8, 4) is 0 Å². The average Bonchev–Trinajstić information content (AvgIpc) is 2.52. The first kappa shape index (κ1) is 19.4. The highest BCUT2D eigenvalue weighted by Gasteiger charge is 2.03. The lowest BCUT2D eigenvalue weighted by Crippen LogP contribution is -2.37. The second kappa shape index (κ2) is 10.2. The number of guanidine groups is 1. The summed E-state index contributed by atoms with van der Waals surface area (Å²) < 4.78 is 13.2. The lowest BCUT2D eigenvalue weighted by Gasteiger charge is -2.20. The van der Waals surface area contributed by atoms with Crippen molar-refractivity contribution in [1.82, 2.24) is 15.5 Å². The highest BCUT2D eigenvalue weighted by atomic mass is 19.1. The number of unbranched alkanes of at least 4 members (excludes halogenated alkanes) is 1. The molecule has 1 aromatic carbocycles. The Hall–Kier alpha value is -1.62. The summed E-state index contributed by atoms with van der Waals surface area (Å²) in [5.74, 6) is 0.617. The highest BCUT2D eigenvalue weighted by molar-refractivity contribution is 5.79. The van der Waals surface area contributed by atoms with E-state index in [2.05, 4.69) is 41.4 Å². The van der Waals surface area contributed by atoms with Gasteiger partial charge < -0.3 is 15.5 Å². The molecule has 0 atom stereocenters. The fourth-order valence-corrected chi connectivity index (χ4v) is 2.17. The first-order chi connectivity index (χ1) is 10.9. The molecular formula is C18H31FN4. The van der Waals surface area contributed by atoms with Gasteiger partial charge in [0.1, 0.15) is 5.82 Å². The summed E-state index contributed by atoms with van der Waals surface area (Å²) in [5, 5.41) is 6.57. The SMILES string of the molecule is CN=C(NCCCCN(C)C(C)C)NCc1ccc(F)c(C)c1. The molecule has 0 bridgehead atoms. The monoisotopic (exact) mass is 322 g/mol. The van der Waals surface area contributed by atoms with E-state index in [1.165, 1.54) is 6.07 Å². The summed E-state index contributed by atoms with van der Waals surface area (Å²) in [6.07, 6.45) is 2.27. The molecule has 0 saturated carbocycles. The van der Waals surface area contributed by atoms with Gasteiger partial charge in [0.15, 0.2) is 5.96 Å². The number of aryl methyl sites for hydroxylation is 1.